The number of aliphatic imine (C=N–C) groups is 1. The molecular weight excluding hydrogens is 493 g/mol. The molecule has 150 valence electrons. The number of ether oxygens (including phenoxy) is 1. The van der Waals surface area contributed by atoms with Gasteiger partial charge in [0.15, 0.2) is 5.96 Å². The Morgan fingerprint density at radius 1 is 1.26 bits per heavy atom. The van der Waals surface area contributed by atoms with Crippen LogP contribution in [-0.2, 0) is 13.1 Å². The summed E-state index contributed by atoms with van der Waals surface area (Å²) >= 11 is 5.94. The van der Waals surface area contributed by atoms with Crippen LogP contribution in [0.1, 0.15) is 18.4 Å². The number of hydrogen-bond donors (Lipinski definition) is 2. The zero-order valence-electron chi connectivity index (χ0n) is 14.7. The standard InChI is InChI=1S/C16H21ClF2N6O.HI/c1-20-16(21-6-2-3-7-25-10-23-24-11-25)22-9-12-8-13(17)4-5-14(12)26-15(18)19;/h4-5,8,10-11,15H,2-3,6-7,9H2,1H3,(H2,20,21,22);1H. The number of aryl methyl sites for hydroxylation is 1. The van der Waals surface area contributed by atoms with Crippen LogP contribution in [-0.4, -0.2) is 40.9 Å². The highest BCUT2D eigenvalue weighted by molar-refractivity contribution is 14.0. The number of aromatic nitrogens is 3. The summed E-state index contributed by atoms with van der Waals surface area (Å²) < 4.78 is 31.4. The van der Waals surface area contributed by atoms with Crippen molar-refractivity contribution in [3.8, 4) is 5.75 Å². The smallest absolute Gasteiger partial charge is 0.387 e. The van der Waals surface area contributed by atoms with E-state index in [0.717, 1.165) is 25.9 Å². The maximum Gasteiger partial charge on any atom is 0.387 e. The highest BCUT2D eigenvalue weighted by Crippen LogP contribution is 2.24. The molecule has 1 heterocycles. The van der Waals surface area contributed by atoms with Gasteiger partial charge in [-0.25, -0.2) is 0 Å². The Morgan fingerprint density at radius 2 is 2.00 bits per heavy atom. The van der Waals surface area contributed by atoms with E-state index in [1.165, 1.54) is 12.1 Å². The third kappa shape index (κ3) is 8.69. The minimum Gasteiger partial charge on any atom is -0.434 e. The molecule has 1 aromatic carbocycles. The number of nitrogens with one attached hydrogen (secondary N) is 2. The van der Waals surface area contributed by atoms with Gasteiger partial charge in [-0.2, -0.15) is 8.78 Å². The van der Waals surface area contributed by atoms with Crippen LogP contribution in [0, 0.1) is 0 Å². The number of nitrogens with zero attached hydrogens (tertiary/aromatic N) is 4. The number of guanidine groups is 1. The molecule has 2 aromatic rings. The molecule has 0 saturated carbocycles. The van der Waals surface area contributed by atoms with Crippen LogP contribution in [0.4, 0.5) is 8.78 Å². The first-order valence-electron chi connectivity index (χ1n) is 8.08. The summed E-state index contributed by atoms with van der Waals surface area (Å²) in [6.07, 6.45) is 5.24. The van der Waals surface area contributed by atoms with Crippen LogP contribution in [0.25, 0.3) is 0 Å². The van der Waals surface area contributed by atoms with Crippen LogP contribution in [0.5, 0.6) is 5.75 Å². The Kier molecular flexibility index (Phi) is 10.9. The van der Waals surface area contributed by atoms with Gasteiger partial charge in [0.25, 0.3) is 0 Å². The van der Waals surface area contributed by atoms with Crippen molar-refractivity contribution in [1.29, 1.82) is 0 Å². The molecular formula is C16H22ClF2IN6O. The SMILES string of the molecule is CN=C(NCCCCn1cnnc1)NCc1cc(Cl)ccc1OC(F)F.I. The third-order valence-corrected chi connectivity index (χ3v) is 3.75. The van der Waals surface area contributed by atoms with Gasteiger partial charge in [-0.15, -0.1) is 34.2 Å². The van der Waals surface area contributed by atoms with Crippen LogP contribution >= 0.6 is 35.6 Å². The van der Waals surface area contributed by atoms with E-state index in [9.17, 15) is 8.78 Å². The van der Waals surface area contributed by atoms with Crippen molar-refractivity contribution in [1.82, 2.24) is 25.4 Å². The molecule has 0 aliphatic heterocycles. The van der Waals surface area contributed by atoms with E-state index in [-0.39, 0.29) is 36.3 Å². The van der Waals surface area contributed by atoms with Crippen molar-refractivity contribution in [3.63, 3.8) is 0 Å². The maximum absolute atomic E-state index is 12.5. The zero-order valence-corrected chi connectivity index (χ0v) is 17.8. The van der Waals surface area contributed by atoms with Gasteiger partial charge in [0, 0.05) is 37.3 Å². The van der Waals surface area contributed by atoms with Crippen LogP contribution in [0.2, 0.25) is 5.02 Å². The molecule has 0 aliphatic carbocycles. The van der Waals surface area contributed by atoms with Crippen molar-refractivity contribution in [2.24, 2.45) is 4.99 Å². The summed E-state index contributed by atoms with van der Waals surface area (Å²) in [6.45, 7) is -1.07. The first-order valence-corrected chi connectivity index (χ1v) is 8.46. The summed E-state index contributed by atoms with van der Waals surface area (Å²) in [5.41, 5.74) is 0.522. The number of benzene rings is 1. The predicted molar refractivity (Wildman–Crippen MR) is 111 cm³/mol. The zero-order chi connectivity index (χ0) is 18.8. The Hall–Kier alpha value is -1.69. The summed E-state index contributed by atoms with van der Waals surface area (Å²) in [7, 11) is 1.64. The fourth-order valence-electron chi connectivity index (χ4n) is 2.26. The molecule has 0 unspecified atom stereocenters. The fourth-order valence-corrected chi connectivity index (χ4v) is 2.46. The molecule has 27 heavy (non-hydrogen) atoms. The van der Waals surface area contributed by atoms with Gasteiger partial charge >= 0.3 is 6.61 Å². The van der Waals surface area contributed by atoms with Gasteiger partial charge < -0.3 is 19.9 Å². The third-order valence-electron chi connectivity index (χ3n) is 3.51. The van der Waals surface area contributed by atoms with Crippen LogP contribution in [0.15, 0.2) is 35.8 Å². The summed E-state index contributed by atoms with van der Waals surface area (Å²) in [4.78, 5) is 4.11. The van der Waals surface area contributed by atoms with Gasteiger partial charge in [0.1, 0.15) is 18.4 Å². The molecule has 0 bridgehead atoms. The normalized spacial score (nSPS) is 11.2. The summed E-state index contributed by atoms with van der Waals surface area (Å²) in [6, 6.07) is 4.51. The summed E-state index contributed by atoms with van der Waals surface area (Å²) in [5.74, 6) is 0.651. The molecule has 7 nitrogen and oxygen atoms in total. The number of unbranched alkanes of at least 4 members (excludes halogenated alkanes) is 1. The van der Waals surface area contributed by atoms with Crippen molar-refractivity contribution < 1.29 is 13.5 Å². The van der Waals surface area contributed by atoms with Gasteiger partial charge in [0.2, 0.25) is 0 Å². The second-order valence-electron chi connectivity index (χ2n) is 5.39. The Balaban J connectivity index is 0.00000364. The first-order chi connectivity index (χ1) is 12.6. The second kappa shape index (κ2) is 12.7. The highest BCUT2D eigenvalue weighted by atomic mass is 127. The van der Waals surface area contributed by atoms with Crippen LogP contribution in [0.3, 0.4) is 0 Å². The molecule has 0 spiro atoms. The minimum absolute atomic E-state index is 0. The van der Waals surface area contributed by atoms with Crippen LogP contribution < -0.4 is 15.4 Å². The minimum atomic E-state index is -2.89. The fraction of sp³-hybridized carbons (Fsp3) is 0.438. The van der Waals surface area contributed by atoms with E-state index in [1.807, 2.05) is 4.57 Å². The lowest BCUT2D eigenvalue weighted by Gasteiger charge is -2.15. The monoisotopic (exact) mass is 514 g/mol. The Bertz CT molecular complexity index is 702. The van der Waals surface area contributed by atoms with Gasteiger partial charge in [-0.1, -0.05) is 11.6 Å². The van der Waals surface area contributed by atoms with Gasteiger partial charge in [0.05, 0.1) is 0 Å². The van der Waals surface area contributed by atoms with E-state index in [2.05, 4.69) is 30.6 Å². The average molecular weight is 515 g/mol. The lowest BCUT2D eigenvalue weighted by Crippen LogP contribution is -2.37. The molecule has 0 aliphatic rings. The van der Waals surface area contributed by atoms with Gasteiger partial charge in [-0.3, -0.25) is 4.99 Å². The molecule has 1 aromatic heterocycles. The van der Waals surface area contributed by atoms with E-state index in [0.29, 0.717) is 16.5 Å². The van der Waals surface area contributed by atoms with Crippen molar-refractivity contribution >= 4 is 41.5 Å². The number of hydrogen-bond acceptors (Lipinski definition) is 4. The Labute approximate surface area is 178 Å². The maximum atomic E-state index is 12.5. The van der Waals surface area contributed by atoms with E-state index < -0.39 is 6.61 Å². The molecule has 0 fully saturated rings. The van der Waals surface area contributed by atoms with E-state index in [4.69, 9.17) is 11.6 Å². The molecule has 11 heteroatoms. The van der Waals surface area contributed by atoms with E-state index in [1.54, 1.807) is 25.8 Å². The van der Waals surface area contributed by atoms with E-state index >= 15 is 0 Å². The summed E-state index contributed by atoms with van der Waals surface area (Å²) in [5, 5.41) is 14.2. The van der Waals surface area contributed by atoms with Crippen molar-refractivity contribution in [2.75, 3.05) is 13.6 Å². The topological polar surface area (TPSA) is 76.4 Å². The molecule has 0 saturated heterocycles. The number of rotatable bonds is 9. The Morgan fingerprint density at radius 3 is 2.67 bits per heavy atom. The predicted octanol–water partition coefficient (Wildman–Crippen LogP) is 3.30. The quantitative estimate of drug-likeness (QED) is 0.232. The lowest BCUT2D eigenvalue weighted by atomic mass is 10.2. The molecule has 2 rings (SSSR count). The van der Waals surface area contributed by atoms with Crippen molar-refractivity contribution in [3.05, 3.63) is 41.4 Å². The highest BCUT2D eigenvalue weighted by Gasteiger charge is 2.11. The number of halogens is 4. The average Bonchev–Trinajstić information content (AvgIpc) is 3.12. The number of alkyl halides is 2. The largest absolute Gasteiger partial charge is 0.434 e. The molecule has 0 amide bonds. The van der Waals surface area contributed by atoms with Crippen molar-refractivity contribution in [2.45, 2.75) is 32.5 Å². The molecule has 0 atom stereocenters. The second-order valence-corrected chi connectivity index (χ2v) is 5.83. The first kappa shape index (κ1) is 23.3. The molecule has 0 radical (unpaired) electrons. The van der Waals surface area contributed by atoms with Gasteiger partial charge in [-0.05, 0) is 31.0 Å². The molecule has 2 N–H and O–H groups in total. The lowest BCUT2D eigenvalue weighted by molar-refractivity contribution is -0.0504.